The standard InChI is InChI=1S/C29H29ClN6O/c1-18-11-12-32-24(13-18)29(21-5-7-22(30)8-6-21)36-17-19(2)35(16-20(36)3)26-14-27(37)34(4)25-10-9-23(15-31)33-28(25)26/h5-14,19-20,29H,16-17H2,1-4H3/t19-,20+,29?/m0/s1. The number of benzene rings is 1. The van der Waals surface area contributed by atoms with Crippen molar-refractivity contribution in [1.29, 1.82) is 5.26 Å². The minimum Gasteiger partial charge on any atom is -0.364 e. The summed E-state index contributed by atoms with van der Waals surface area (Å²) in [4.78, 5) is 26.9. The summed E-state index contributed by atoms with van der Waals surface area (Å²) in [6.45, 7) is 7.89. The van der Waals surface area contributed by atoms with Crippen molar-refractivity contribution in [1.82, 2.24) is 19.4 Å². The third-order valence-corrected chi connectivity index (χ3v) is 7.51. The Labute approximate surface area is 221 Å². The number of aryl methyl sites for hydroxylation is 2. The zero-order chi connectivity index (χ0) is 26.3. The summed E-state index contributed by atoms with van der Waals surface area (Å²) in [5.74, 6) is 0. The Kier molecular flexibility index (Phi) is 6.72. The van der Waals surface area contributed by atoms with E-state index >= 15 is 0 Å². The van der Waals surface area contributed by atoms with Gasteiger partial charge in [-0.15, -0.1) is 0 Å². The number of nitriles is 1. The fraction of sp³-hybridized carbons (Fsp3) is 0.310. The average Bonchev–Trinajstić information content (AvgIpc) is 2.89. The minimum absolute atomic E-state index is 0.0412. The van der Waals surface area contributed by atoms with Crippen LogP contribution in [0.15, 0.2) is 65.6 Å². The molecule has 0 spiro atoms. The van der Waals surface area contributed by atoms with Crippen LogP contribution in [-0.4, -0.2) is 44.6 Å². The molecule has 3 atom stereocenters. The second-order valence-corrected chi connectivity index (χ2v) is 10.3. The first-order valence-electron chi connectivity index (χ1n) is 12.4. The van der Waals surface area contributed by atoms with Crippen molar-refractivity contribution < 1.29 is 0 Å². The van der Waals surface area contributed by atoms with Gasteiger partial charge in [0.15, 0.2) is 0 Å². The van der Waals surface area contributed by atoms with Crippen LogP contribution in [0.3, 0.4) is 0 Å². The van der Waals surface area contributed by atoms with Gasteiger partial charge in [0.2, 0.25) is 0 Å². The van der Waals surface area contributed by atoms with E-state index in [1.807, 2.05) is 24.4 Å². The van der Waals surface area contributed by atoms with E-state index in [4.69, 9.17) is 16.6 Å². The van der Waals surface area contributed by atoms with E-state index in [1.54, 1.807) is 29.8 Å². The topological polar surface area (TPSA) is 78.0 Å². The maximum Gasteiger partial charge on any atom is 0.252 e. The van der Waals surface area contributed by atoms with Gasteiger partial charge in [-0.1, -0.05) is 23.7 Å². The van der Waals surface area contributed by atoms with Gasteiger partial charge in [-0.2, -0.15) is 5.26 Å². The van der Waals surface area contributed by atoms with Crippen molar-refractivity contribution in [3.05, 3.63) is 98.7 Å². The summed E-state index contributed by atoms with van der Waals surface area (Å²) in [5.41, 5.74) is 5.68. The van der Waals surface area contributed by atoms with Crippen LogP contribution in [0, 0.1) is 18.3 Å². The summed E-state index contributed by atoms with van der Waals surface area (Å²) >= 11 is 6.22. The number of nitrogens with zero attached hydrogens (tertiary/aromatic N) is 6. The van der Waals surface area contributed by atoms with Gasteiger partial charge < -0.3 is 9.47 Å². The molecule has 1 saturated heterocycles. The molecule has 7 nitrogen and oxygen atoms in total. The maximum absolute atomic E-state index is 12.9. The van der Waals surface area contributed by atoms with Gasteiger partial charge in [-0.05, 0) is 68.3 Å². The lowest BCUT2D eigenvalue weighted by Crippen LogP contribution is -2.57. The molecule has 0 bridgehead atoms. The molecule has 0 amide bonds. The van der Waals surface area contributed by atoms with Crippen LogP contribution in [0.5, 0.6) is 0 Å². The number of hydrogen-bond acceptors (Lipinski definition) is 6. The van der Waals surface area contributed by atoms with E-state index < -0.39 is 0 Å². The fourth-order valence-electron chi connectivity index (χ4n) is 5.33. The Morgan fingerprint density at radius 3 is 2.51 bits per heavy atom. The van der Waals surface area contributed by atoms with Crippen LogP contribution in [0.2, 0.25) is 5.02 Å². The average molecular weight is 513 g/mol. The van der Waals surface area contributed by atoms with Crippen molar-refractivity contribution >= 4 is 28.3 Å². The van der Waals surface area contributed by atoms with Gasteiger partial charge in [0.05, 0.1) is 22.9 Å². The zero-order valence-corrected chi connectivity index (χ0v) is 22.1. The molecular formula is C29H29ClN6O. The van der Waals surface area contributed by atoms with Crippen LogP contribution >= 0.6 is 11.6 Å². The van der Waals surface area contributed by atoms with E-state index in [1.165, 1.54) is 0 Å². The first-order chi connectivity index (χ1) is 17.8. The normalized spacial score (nSPS) is 19.1. The summed E-state index contributed by atoms with van der Waals surface area (Å²) in [6.07, 6.45) is 1.86. The number of aromatic nitrogens is 3. The molecule has 0 radical (unpaired) electrons. The maximum atomic E-state index is 12.9. The molecule has 4 aromatic rings. The smallest absolute Gasteiger partial charge is 0.252 e. The van der Waals surface area contributed by atoms with Gasteiger partial charge in [-0.3, -0.25) is 14.7 Å². The first-order valence-corrected chi connectivity index (χ1v) is 12.8. The molecule has 1 unspecified atom stereocenters. The highest BCUT2D eigenvalue weighted by Gasteiger charge is 2.36. The number of rotatable bonds is 4. The van der Waals surface area contributed by atoms with E-state index in [0.29, 0.717) is 28.3 Å². The quantitative estimate of drug-likeness (QED) is 0.389. The molecule has 0 saturated carbocycles. The van der Waals surface area contributed by atoms with Gasteiger partial charge in [0, 0.05) is 49.5 Å². The highest BCUT2D eigenvalue weighted by atomic mass is 35.5. The third kappa shape index (κ3) is 4.71. The molecule has 1 aliphatic heterocycles. The van der Waals surface area contributed by atoms with Gasteiger partial charge >= 0.3 is 0 Å². The lowest BCUT2D eigenvalue weighted by molar-refractivity contribution is 0.128. The molecule has 4 heterocycles. The highest BCUT2D eigenvalue weighted by Crippen LogP contribution is 2.35. The lowest BCUT2D eigenvalue weighted by atomic mass is 9.95. The Hall–Kier alpha value is -3.73. The van der Waals surface area contributed by atoms with E-state index in [9.17, 15) is 10.1 Å². The molecule has 1 fully saturated rings. The van der Waals surface area contributed by atoms with Crippen LogP contribution in [0.1, 0.15) is 42.4 Å². The minimum atomic E-state index is -0.0979. The molecule has 1 aromatic carbocycles. The lowest BCUT2D eigenvalue weighted by Gasteiger charge is -2.48. The van der Waals surface area contributed by atoms with E-state index in [0.717, 1.165) is 29.1 Å². The molecule has 3 aromatic heterocycles. The van der Waals surface area contributed by atoms with Gasteiger partial charge in [0.1, 0.15) is 17.3 Å². The van der Waals surface area contributed by atoms with Crippen molar-refractivity contribution in [2.24, 2.45) is 7.05 Å². The summed E-state index contributed by atoms with van der Waals surface area (Å²) < 4.78 is 1.58. The van der Waals surface area contributed by atoms with E-state index in [2.05, 4.69) is 59.8 Å². The Morgan fingerprint density at radius 2 is 1.81 bits per heavy atom. The van der Waals surface area contributed by atoms with Gasteiger partial charge in [0.25, 0.3) is 5.56 Å². The van der Waals surface area contributed by atoms with Crippen molar-refractivity contribution in [2.75, 3.05) is 18.0 Å². The fourth-order valence-corrected chi connectivity index (χ4v) is 5.45. The van der Waals surface area contributed by atoms with Gasteiger partial charge in [-0.25, -0.2) is 4.98 Å². The highest BCUT2D eigenvalue weighted by molar-refractivity contribution is 6.30. The Morgan fingerprint density at radius 1 is 1.05 bits per heavy atom. The Balaban J connectivity index is 1.56. The largest absolute Gasteiger partial charge is 0.364 e. The third-order valence-electron chi connectivity index (χ3n) is 7.26. The van der Waals surface area contributed by atoms with Crippen LogP contribution in [0.25, 0.3) is 11.0 Å². The zero-order valence-electron chi connectivity index (χ0n) is 21.4. The van der Waals surface area contributed by atoms with E-state index in [-0.39, 0.29) is 23.7 Å². The molecule has 0 aliphatic carbocycles. The van der Waals surface area contributed by atoms with Crippen molar-refractivity contribution in [2.45, 2.75) is 38.9 Å². The summed E-state index contributed by atoms with van der Waals surface area (Å²) in [7, 11) is 1.73. The number of halogens is 1. The number of pyridine rings is 3. The van der Waals surface area contributed by atoms with Crippen LogP contribution in [0.4, 0.5) is 5.69 Å². The Bertz CT molecular complexity index is 1560. The molecule has 8 heteroatoms. The van der Waals surface area contributed by atoms with Crippen LogP contribution < -0.4 is 10.5 Å². The number of fused-ring (bicyclic) bond motifs is 1. The SMILES string of the molecule is Cc1ccnc(C(c2ccc(Cl)cc2)N2C[C@H](C)N(c3cc(=O)n(C)c4ccc(C#N)nc34)C[C@H]2C)c1. The monoisotopic (exact) mass is 512 g/mol. The molecule has 1 aliphatic rings. The molecule has 188 valence electrons. The number of hydrogen-bond donors (Lipinski definition) is 0. The molecular weight excluding hydrogens is 484 g/mol. The van der Waals surface area contributed by atoms with Crippen molar-refractivity contribution in [3.63, 3.8) is 0 Å². The molecule has 0 N–H and O–H groups in total. The summed E-state index contributed by atoms with van der Waals surface area (Å²) in [6, 6.07) is 19.6. The first kappa shape index (κ1) is 24.9. The molecule has 5 rings (SSSR count). The van der Waals surface area contributed by atoms with Crippen LogP contribution in [-0.2, 0) is 7.05 Å². The number of piperazine rings is 1. The second-order valence-electron chi connectivity index (χ2n) is 9.86. The molecule has 37 heavy (non-hydrogen) atoms. The predicted molar refractivity (Wildman–Crippen MR) is 147 cm³/mol. The second kappa shape index (κ2) is 9.97. The number of anilines is 1. The van der Waals surface area contributed by atoms with Crippen molar-refractivity contribution in [3.8, 4) is 6.07 Å². The summed E-state index contributed by atoms with van der Waals surface area (Å²) in [5, 5.41) is 10.2. The predicted octanol–water partition coefficient (Wildman–Crippen LogP) is 4.85.